The lowest BCUT2D eigenvalue weighted by atomic mass is 10.1. The third kappa shape index (κ3) is 3.05. The van der Waals surface area contributed by atoms with Gasteiger partial charge in [0, 0.05) is 11.1 Å². The van der Waals surface area contributed by atoms with Gasteiger partial charge in [0.2, 0.25) is 0 Å². The van der Waals surface area contributed by atoms with Crippen LogP contribution in [0.5, 0.6) is 0 Å². The number of thiazole rings is 1. The fraction of sp³-hybridized carbons (Fsp3) is 0.231. The van der Waals surface area contributed by atoms with Crippen LogP contribution in [0.2, 0.25) is 5.02 Å². The van der Waals surface area contributed by atoms with Gasteiger partial charge in [-0.05, 0) is 26.0 Å². The van der Waals surface area contributed by atoms with Crippen molar-refractivity contribution in [1.29, 1.82) is 0 Å². The highest BCUT2D eigenvalue weighted by molar-refractivity contribution is 7.09. The summed E-state index contributed by atoms with van der Waals surface area (Å²) in [6.45, 7) is 3.81. The first-order chi connectivity index (χ1) is 8.99. The molecule has 3 N–H and O–H groups in total. The highest BCUT2D eigenvalue weighted by atomic mass is 35.5. The predicted molar refractivity (Wildman–Crippen MR) is 78.6 cm³/mol. The zero-order valence-electron chi connectivity index (χ0n) is 10.6. The molecule has 2 aromatic rings. The Bertz CT molecular complexity index is 612. The molecule has 0 aliphatic carbocycles. The number of hydrogen-bond donors (Lipinski definition) is 2. The lowest BCUT2D eigenvalue weighted by Crippen LogP contribution is -2.27. The number of benzene rings is 1. The van der Waals surface area contributed by atoms with Crippen molar-refractivity contribution in [2.45, 2.75) is 19.9 Å². The minimum atomic E-state index is -0.252. The molecule has 0 spiro atoms. The standard InChI is InChI=1S/C13H14ClN3OS/c1-7-6-19-13(16-7)8(2)17-12(18)9-4-3-5-10(15)11(9)14/h3-6,8H,15H2,1-2H3,(H,17,18). The first-order valence-electron chi connectivity index (χ1n) is 5.76. The number of nitrogen functional groups attached to an aromatic ring is 1. The molecular formula is C13H14ClN3OS. The number of nitrogens with zero attached hydrogens (tertiary/aromatic N) is 1. The second kappa shape index (κ2) is 5.59. The molecule has 1 aromatic heterocycles. The zero-order valence-corrected chi connectivity index (χ0v) is 12.2. The number of halogens is 1. The van der Waals surface area contributed by atoms with E-state index in [2.05, 4.69) is 10.3 Å². The summed E-state index contributed by atoms with van der Waals surface area (Å²) in [6, 6.07) is 4.85. The summed E-state index contributed by atoms with van der Waals surface area (Å²) in [5.74, 6) is -0.252. The molecular weight excluding hydrogens is 282 g/mol. The maximum atomic E-state index is 12.1. The minimum Gasteiger partial charge on any atom is -0.398 e. The summed E-state index contributed by atoms with van der Waals surface area (Å²) in [6.07, 6.45) is 0. The number of nitrogens with two attached hydrogens (primary N) is 1. The van der Waals surface area contributed by atoms with Crippen molar-refractivity contribution < 1.29 is 4.79 Å². The van der Waals surface area contributed by atoms with E-state index in [0.29, 0.717) is 11.3 Å². The highest BCUT2D eigenvalue weighted by Gasteiger charge is 2.16. The quantitative estimate of drug-likeness (QED) is 0.855. The maximum Gasteiger partial charge on any atom is 0.253 e. The number of carbonyl (C=O) groups is 1. The van der Waals surface area contributed by atoms with Crippen molar-refractivity contribution in [3.63, 3.8) is 0 Å². The number of aryl methyl sites for hydroxylation is 1. The smallest absolute Gasteiger partial charge is 0.253 e. The summed E-state index contributed by atoms with van der Waals surface area (Å²) in [4.78, 5) is 16.5. The van der Waals surface area contributed by atoms with Crippen molar-refractivity contribution in [1.82, 2.24) is 10.3 Å². The van der Waals surface area contributed by atoms with E-state index in [9.17, 15) is 4.79 Å². The van der Waals surface area contributed by atoms with Crippen molar-refractivity contribution >= 4 is 34.5 Å². The van der Waals surface area contributed by atoms with Crippen LogP contribution >= 0.6 is 22.9 Å². The Kier molecular flexibility index (Phi) is 4.07. The lowest BCUT2D eigenvalue weighted by Gasteiger charge is -2.12. The van der Waals surface area contributed by atoms with Crippen LogP contribution in [-0.4, -0.2) is 10.9 Å². The van der Waals surface area contributed by atoms with E-state index in [-0.39, 0.29) is 17.0 Å². The van der Waals surface area contributed by atoms with Crippen molar-refractivity contribution in [3.8, 4) is 0 Å². The monoisotopic (exact) mass is 295 g/mol. The Hall–Kier alpha value is -1.59. The molecule has 0 aliphatic heterocycles. The largest absolute Gasteiger partial charge is 0.398 e. The van der Waals surface area contributed by atoms with Gasteiger partial charge in [-0.25, -0.2) is 4.98 Å². The lowest BCUT2D eigenvalue weighted by molar-refractivity contribution is 0.0940. The number of hydrogen-bond acceptors (Lipinski definition) is 4. The van der Waals surface area contributed by atoms with E-state index in [1.807, 2.05) is 19.2 Å². The average Bonchev–Trinajstić information content (AvgIpc) is 2.79. The van der Waals surface area contributed by atoms with Gasteiger partial charge in [0.1, 0.15) is 5.01 Å². The fourth-order valence-corrected chi connectivity index (χ4v) is 2.65. The second-order valence-corrected chi connectivity index (χ2v) is 5.50. The van der Waals surface area contributed by atoms with Gasteiger partial charge in [-0.3, -0.25) is 4.79 Å². The van der Waals surface area contributed by atoms with Gasteiger partial charge in [-0.15, -0.1) is 11.3 Å². The van der Waals surface area contributed by atoms with Gasteiger partial charge >= 0.3 is 0 Å². The van der Waals surface area contributed by atoms with Crippen LogP contribution in [-0.2, 0) is 0 Å². The average molecular weight is 296 g/mol. The first-order valence-corrected chi connectivity index (χ1v) is 7.01. The van der Waals surface area contributed by atoms with Crippen LogP contribution in [0.25, 0.3) is 0 Å². The third-order valence-corrected chi connectivity index (χ3v) is 4.20. The Labute approximate surface area is 120 Å². The molecule has 1 atom stereocenters. The van der Waals surface area contributed by atoms with Crippen molar-refractivity contribution in [3.05, 3.63) is 44.9 Å². The summed E-state index contributed by atoms with van der Waals surface area (Å²) in [5.41, 5.74) is 7.40. The van der Waals surface area contributed by atoms with Gasteiger partial charge < -0.3 is 11.1 Å². The van der Waals surface area contributed by atoms with E-state index in [0.717, 1.165) is 10.7 Å². The van der Waals surface area contributed by atoms with Crippen LogP contribution in [0.3, 0.4) is 0 Å². The highest BCUT2D eigenvalue weighted by Crippen LogP contribution is 2.24. The molecule has 0 fully saturated rings. The van der Waals surface area contributed by atoms with Crippen LogP contribution in [0.1, 0.15) is 34.0 Å². The molecule has 0 saturated heterocycles. The van der Waals surface area contributed by atoms with E-state index in [4.69, 9.17) is 17.3 Å². The number of nitrogens with one attached hydrogen (secondary N) is 1. The molecule has 1 aromatic carbocycles. The van der Waals surface area contributed by atoms with Gasteiger partial charge in [0.25, 0.3) is 5.91 Å². The number of amides is 1. The Balaban J connectivity index is 2.15. The van der Waals surface area contributed by atoms with Crippen LogP contribution in [0.15, 0.2) is 23.6 Å². The SMILES string of the molecule is Cc1csc(C(C)NC(=O)c2cccc(N)c2Cl)n1. The number of rotatable bonds is 3. The van der Waals surface area contributed by atoms with Gasteiger partial charge in [-0.1, -0.05) is 17.7 Å². The van der Waals surface area contributed by atoms with Gasteiger partial charge in [0.15, 0.2) is 0 Å². The summed E-state index contributed by atoms with van der Waals surface area (Å²) in [5, 5.41) is 5.96. The minimum absolute atomic E-state index is 0.163. The number of aromatic nitrogens is 1. The normalized spacial score (nSPS) is 12.2. The summed E-state index contributed by atoms with van der Waals surface area (Å²) >= 11 is 7.54. The van der Waals surface area contributed by atoms with E-state index in [1.165, 1.54) is 11.3 Å². The van der Waals surface area contributed by atoms with E-state index < -0.39 is 0 Å². The molecule has 0 saturated carbocycles. The Morgan fingerprint density at radius 1 is 1.53 bits per heavy atom. The molecule has 1 amide bonds. The second-order valence-electron chi connectivity index (χ2n) is 4.23. The molecule has 1 unspecified atom stereocenters. The van der Waals surface area contributed by atoms with E-state index in [1.54, 1.807) is 18.2 Å². The molecule has 1 heterocycles. The summed E-state index contributed by atoms with van der Waals surface area (Å²) < 4.78 is 0. The van der Waals surface area contributed by atoms with E-state index >= 15 is 0 Å². The Morgan fingerprint density at radius 2 is 2.26 bits per heavy atom. The molecule has 6 heteroatoms. The molecule has 0 bridgehead atoms. The Morgan fingerprint density at radius 3 is 2.89 bits per heavy atom. The zero-order chi connectivity index (χ0) is 14.0. The van der Waals surface area contributed by atoms with Gasteiger partial charge in [0.05, 0.1) is 22.3 Å². The molecule has 0 radical (unpaired) electrons. The van der Waals surface area contributed by atoms with Crippen LogP contribution in [0, 0.1) is 6.92 Å². The topological polar surface area (TPSA) is 68.0 Å². The molecule has 2 rings (SSSR count). The molecule has 100 valence electrons. The maximum absolute atomic E-state index is 12.1. The van der Waals surface area contributed by atoms with Crippen LogP contribution in [0.4, 0.5) is 5.69 Å². The van der Waals surface area contributed by atoms with Crippen molar-refractivity contribution in [2.24, 2.45) is 0 Å². The van der Waals surface area contributed by atoms with Crippen molar-refractivity contribution in [2.75, 3.05) is 5.73 Å². The van der Waals surface area contributed by atoms with Crippen LogP contribution < -0.4 is 11.1 Å². The first kappa shape index (κ1) is 13.8. The number of anilines is 1. The number of carbonyl (C=O) groups excluding carboxylic acids is 1. The molecule has 19 heavy (non-hydrogen) atoms. The third-order valence-electron chi connectivity index (χ3n) is 2.63. The molecule has 4 nitrogen and oxygen atoms in total. The predicted octanol–water partition coefficient (Wildman–Crippen LogP) is 3.18. The van der Waals surface area contributed by atoms with Gasteiger partial charge in [-0.2, -0.15) is 0 Å². The molecule has 0 aliphatic rings. The summed E-state index contributed by atoms with van der Waals surface area (Å²) in [7, 11) is 0. The fourth-order valence-electron chi connectivity index (χ4n) is 1.63.